The Labute approximate surface area is 172 Å². The van der Waals surface area contributed by atoms with E-state index in [1.807, 2.05) is 6.07 Å². The van der Waals surface area contributed by atoms with E-state index in [2.05, 4.69) is 28.3 Å². The number of anilines is 1. The summed E-state index contributed by atoms with van der Waals surface area (Å²) in [5, 5.41) is 3.44. The normalized spacial score (nSPS) is 28.5. The SMILES string of the molecule is CN1C2CCCC1CC(c1ccc3oc(NC4CCCCC4)nc3c1C(N)=O)C2. The van der Waals surface area contributed by atoms with E-state index in [0.29, 0.717) is 46.7 Å². The minimum Gasteiger partial charge on any atom is -0.424 e. The molecule has 2 aliphatic heterocycles. The van der Waals surface area contributed by atoms with E-state index in [1.165, 1.54) is 38.5 Å². The minimum absolute atomic E-state index is 0.361. The van der Waals surface area contributed by atoms with Crippen LogP contribution in [-0.2, 0) is 0 Å². The van der Waals surface area contributed by atoms with Gasteiger partial charge in [-0.15, -0.1) is 0 Å². The first-order valence-corrected chi connectivity index (χ1v) is 11.3. The summed E-state index contributed by atoms with van der Waals surface area (Å²) in [4.78, 5) is 19.7. The molecule has 1 aromatic heterocycles. The molecule has 3 heterocycles. The number of piperidine rings is 2. The Morgan fingerprint density at radius 2 is 1.83 bits per heavy atom. The molecule has 2 unspecified atom stereocenters. The van der Waals surface area contributed by atoms with Crippen molar-refractivity contribution >= 4 is 23.0 Å². The van der Waals surface area contributed by atoms with E-state index in [0.717, 1.165) is 31.2 Å². The highest BCUT2D eigenvalue weighted by atomic mass is 16.4. The van der Waals surface area contributed by atoms with Crippen LogP contribution in [0.3, 0.4) is 0 Å². The highest BCUT2D eigenvalue weighted by molar-refractivity contribution is 6.05. The van der Waals surface area contributed by atoms with Gasteiger partial charge >= 0.3 is 0 Å². The maximum atomic E-state index is 12.5. The number of aromatic nitrogens is 1. The summed E-state index contributed by atoms with van der Waals surface area (Å²) in [6.07, 6.45) is 12.1. The van der Waals surface area contributed by atoms with Gasteiger partial charge in [0.25, 0.3) is 11.9 Å². The fourth-order valence-electron chi connectivity index (χ4n) is 5.96. The molecule has 1 saturated carbocycles. The third-order valence-corrected chi connectivity index (χ3v) is 7.55. The molecular weight excluding hydrogens is 364 g/mol. The molecule has 3 N–H and O–H groups in total. The smallest absolute Gasteiger partial charge is 0.295 e. The number of rotatable bonds is 4. The van der Waals surface area contributed by atoms with Gasteiger partial charge in [0.15, 0.2) is 5.58 Å². The zero-order chi connectivity index (χ0) is 20.0. The first kappa shape index (κ1) is 18.9. The van der Waals surface area contributed by atoms with Gasteiger partial charge < -0.3 is 20.4 Å². The molecule has 1 aromatic carbocycles. The van der Waals surface area contributed by atoms with Gasteiger partial charge in [-0.2, -0.15) is 4.98 Å². The summed E-state index contributed by atoms with van der Waals surface area (Å²) in [6.45, 7) is 0. The highest BCUT2D eigenvalue weighted by Crippen LogP contribution is 2.42. The Morgan fingerprint density at radius 1 is 1.10 bits per heavy atom. The summed E-state index contributed by atoms with van der Waals surface area (Å²) in [5.41, 5.74) is 8.77. The molecule has 0 radical (unpaired) electrons. The van der Waals surface area contributed by atoms with Crippen molar-refractivity contribution in [2.75, 3.05) is 12.4 Å². The fraction of sp³-hybridized carbons (Fsp3) is 0.652. The number of benzene rings is 1. The molecule has 1 amide bonds. The zero-order valence-corrected chi connectivity index (χ0v) is 17.3. The van der Waals surface area contributed by atoms with Gasteiger partial charge in [0.05, 0.1) is 5.56 Å². The van der Waals surface area contributed by atoms with Gasteiger partial charge in [-0.3, -0.25) is 4.79 Å². The van der Waals surface area contributed by atoms with E-state index >= 15 is 0 Å². The van der Waals surface area contributed by atoms with Gasteiger partial charge in [-0.05, 0) is 63.1 Å². The molecule has 0 spiro atoms. The summed E-state index contributed by atoms with van der Waals surface area (Å²) < 4.78 is 5.96. The average Bonchev–Trinajstić information content (AvgIpc) is 3.10. The molecule has 2 saturated heterocycles. The molecular formula is C23H32N4O2. The lowest BCUT2D eigenvalue weighted by atomic mass is 9.75. The molecule has 3 aliphatic rings. The summed E-state index contributed by atoms with van der Waals surface area (Å²) in [6, 6.07) is 6.16. The van der Waals surface area contributed by atoms with E-state index in [4.69, 9.17) is 10.2 Å². The van der Waals surface area contributed by atoms with Crippen LogP contribution in [0.25, 0.3) is 11.1 Å². The molecule has 6 nitrogen and oxygen atoms in total. The van der Waals surface area contributed by atoms with Crippen LogP contribution >= 0.6 is 0 Å². The number of nitrogens with one attached hydrogen (secondary N) is 1. The van der Waals surface area contributed by atoms with Crippen LogP contribution in [0.15, 0.2) is 16.5 Å². The maximum absolute atomic E-state index is 12.5. The van der Waals surface area contributed by atoms with Crippen molar-refractivity contribution in [1.29, 1.82) is 0 Å². The largest absolute Gasteiger partial charge is 0.424 e. The molecule has 156 valence electrons. The second-order valence-electron chi connectivity index (χ2n) is 9.31. The van der Waals surface area contributed by atoms with Crippen LogP contribution in [0.4, 0.5) is 6.01 Å². The first-order chi connectivity index (χ1) is 14.1. The van der Waals surface area contributed by atoms with Crippen LogP contribution in [0.5, 0.6) is 0 Å². The van der Waals surface area contributed by atoms with Crippen molar-refractivity contribution in [2.45, 2.75) is 88.3 Å². The van der Waals surface area contributed by atoms with Gasteiger partial charge in [0, 0.05) is 18.1 Å². The molecule has 2 aromatic rings. The number of amides is 1. The number of oxazole rings is 1. The Kier molecular flexibility index (Phi) is 4.98. The van der Waals surface area contributed by atoms with Crippen molar-refractivity contribution in [3.63, 3.8) is 0 Å². The summed E-state index contributed by atoms with van der Waals surface area (Å²) >= 11 is 0. The Balaban J connectivity index is 1.47. The standard InChI is InChI=1S/C23H32N4O2/c1-27-16-8-5-9-17(27)13-14(12-16)18-10-11-19-21(20(18)22(24)28)26-23(29-19)25-15-6-3-2-4-7-15/h10-11,14-17H,2-9,12-13H2,1H3,(H2,24,28)(H,25,26). The number of carbonyl (C=O) groups is 1. The van der Waals surface area contributed by atoms with Crippen LogP contribution in [-0.4, -0.2) is 41.0 Å². The predicted molar refractivity (Wildman–Crippen MR) is 114 cm³/mol. The number of nitrogens with two attached hydrogens (primary N) is 1. The number of nitrogens with zero attached hydrogens (tertiary/aromatic N) is 2. The maximum Gasteiger partial charge on any atom is 0.295 e. The van der Waals surface area contributed by atoms with Gasteiger partial charge in [-0.25, -0.2) is 0 Å². The van der Waals surface area contributed by atoms with Crippen molar-refractivity contribution in [3.05, 3.63) is 23.3 Å². The number of carbonyl (C=O) groups excluding carboxylic acids is 1. The van der Waals surface area contributed by atoms with E-state index in [9.17, 15) is 4.79 Å². The second kappa shape index (κ2) is 7.63. The topological polar surface area (TPSA) is 84.4 Å². The third-order valence-electron chi connectivity index (χ3n) is 7.55. The van der Waals surface area contributed by atoms with Crippen molar-refractivity contribution in [2.24, 2.45) is 5.73 Å². The monoisotopic (exact) mass is 396 g/mol. The summed E-state index contributed by atoms with van der Waals surface area (Å²) in [5.74, 6) is -0.0351. The lowest BCUT2D eigenvalue weighted by Crippen LogP contribution is -2.49. The zero-order valence-electron chi connectivity index (χ0n) is 17.3. The van der Waals surface area contributed by atoms with E-state index in [1.54, 1.807) is 0 Å². The van der Waals surface area contributed by atoms with Crippen molar-refractivity contribution in [3.8, 4) is 0 Å². The van der Waals surface area contributed by atoms with Crippen LogP contribution in [0.2, 0.25) is 0 Å². The van der Waals surface area contributed by atoms with Crippen molar-refractivity contribution < 1.29 is 9.21 Å². The van der Waals surface area contributed by atoms with Gasteiger partial charge in [0.1, 0.15) is 5.52 Å². The Morgan fingerprint density at radius 3 is 2.52 bits per heavy atom. The predicted octanol–water partition coefficient (Wildman–Crippen LogP) is 4.40. The summed E-state index contributed by atoms with van der Waals surface area (Å²) in [7, 11) is 2.25. The average molecular weight is 397 g/mol. The molecule has 1 aliphatic carbocycles. The Hall–Kier alpha value is -2.08. The lowest BCUT2D eigenvalue weighted by molar-refractivity contribution is 0.0553. The molecule has 29 heavy (non-hydrogen) atoms. The number of hydrogen-bond donors (Lipinski definition) is 2. The number of primary amides is 1. The molecule has 2 atom stereocenters. The van der Waals surface area contributed by atoms with Gasteiger partial charge in [0.2, 0.25) is 0 Å². The molecule has 3 fully saturated rings. The third kappa shape index (κ3) is 3.52. The van der Waals surface area contributed by atoms with Crippen LogP contribution in [0.1, 0.15) is 86.0 Å². The molecule has 6 heteroatoms. The van der Waals surface area contributed by atoms with Crippen LogP contribution in [0, 0.1) is 0 Å². The van der Waals surface area contributed by atoms with Crippen LogP contribution < -0.4 is 11.1 Å². The highest BCUT2D eigenvalue weighted by Gasteiger charge is 2.38. The fourth-order valence-corrected chi connectivity index (χ4v) is 5.96. The van der Waals surface area contributed by atoms with Gasteiger partial charge in [-0.1, -0.05) is 31.7 Å². The second-order valence-corrected chi connectivity index (χ2v) is 9.31. The van der Waals surface area contributed by atoms with E-state index < -0.39 is 5.91 Å². The number of hydrogen-bond acceptors (Lipinski definition) is 5. The van der Waals surface area contributed by atoms with E-state index in [-0.39, 0.29) is 0 Å². The van der Waals surface area contributed by atoms with Crippen molar-refractivity contribution in [1.82, 2.24) is 9.88 Å². The first-order valence-electron chi connectivity index (χ1n) is 11.3. The molecule has 5 rings (SSSR count). The quantitative estimate of drug-likeness (QED) is 0.800. The lowest BCUT2D eigenvalue weighted by Gasteiger charge is -2.47. The minimum atomic E-state index is -0.396. The number of fused-ring (bicyclic) bond motifs is 3. The Bertz CT molecular complexity index is 888. The molecule has 2 bridgehead atoms.